The van der Waals surface area contributed by atoms with Gasteiger partial charge in [0.2, 0.25) is 0 Å². The van der Waals surface area contributed by atoms with Gasteiger partial charge < -0.3 is 14.3 Å². The van der Waals surface area contributed by atoms with Gasteiger partial charge in [-0.3, -0.25) is 0 Å². The molecule has 0 saturated heterocycles. The van der Waals surface area contributed by atoms with E-state index >= 15 is 0 Å². The van der Waals surface area contributed by atoms with Crippen molar-refractivity contribution in [1.82, 2.24) is 4.98 Å². The number of hydrogen-bond acceptors (Lipinski definition) is 5. The minimum atomic E-state index is -0.930. The number of carbonyl (C=O) groups excluding carboxylic acids is 1. The number of aromatic nitrogens is 1. The molecule has 0 amide bonds. The second kappa shape index (κ2) is 9.93. The van der Waals surface area contributed by atoms with E-state index in [9.17, 15) is 14.7 Å². The summed E-state index contributed by atoms with van der Waals surface area (Å²) in [6, 6.07) is 18.3. The van der Waals surface area contributed by atoms with E-state index in [1.54, 1.807) is 19.1 Å². The molecule has 6 nitrogen and oxygen atoms in total. The molecule has 2 aromatic carbocycles. The molecule has 1 aliphatic carbocycles. The van der Waals surface area contributed by atoms with Gasteiger partial charge in [0.25, 0.3) is 0 Å². The number of rotatable bonds is 5. The average Bonchev–Trinajstić information content (AvgIpc) is 3.35. The minimum absolute atomic E-state index is 0.0206. The summed E-state index contributed by atoms with van der Waals surface area (Å²) < 4.78 is 11.2. The van der Waals surface area contributed by atoms with Gasteiger partial charge in [0.15, 0.2) is 0 Å². The summed E-state index contributed by atoms with van der Waals surface area (Å²) in [5, 5.41) is 10.9. The van der Waals surface area contributed by atoms with Crippen LogP contribution in [-0.2, 0) is 11.2 Å². The maximum absolute atomic E-state index is 12.5. The van der Waals surface area contributed by atoms with Crippen molar-refractivity contribution >= 4 is 34.5 Å². The van der Waals surface area contributed by atoms with Crippen molar-refractivity contribution in [1.29, 1.82) is 0 Å². The van der Waals surface area contributed by atoms with E-state index in [-0.39, 0.29) is 17.3 Å². The number of para-hydroxylation sites is 1. The number of benzene rings is 2. The van der Waals surface area contributed by atoms with Crippen molar-refractivity contribution in [3.8, 4) is 11.3 Å². The standard InChI is InChI=1S/C32H31NO5/c1-5-37-31(36)20-12-10-19(11-13-20)27-15-14-23(38-27)17-21-16-22(32(2,3)4)18-25-28(30(34)35)24-8-6-7-9-26(24)33-29(21)25/h6-15,17,22H,5,16,18H2,1-4H3,(H,34,35)/b21-17-. The van der Waals surface area contributed by atoms with Crippen LogP contribution in [0.3, 0.4) is 0 Å². The molecule has 1 unspecified atom stereocenters. The molecule has 4 aromatic rings. The third-order valence-electron chi connectivity index (χ3n) is 7.28. The third-order valence-corrected chi connectivity index (χ3v) is 7.28. The van der Waals surface area contributed by atoms with Crippen molar-refractivity contribution in [3.05, 3.63) is 88.8 Å². The Labute approximate surface area is 222 Å². The van der Waals surface area contributed by atoms with Crippen LogP contribution in [0.1, 0.15) is 71.8 Å². The van der Waals surface area contributed by atoms with Gasteiger partial charge in [-0.1, -0.05) is 51.1 Å². The zero-order chi connectivity index (χ0) is 27.0. The molecule has 2 aromatic heterocycles. The molecule has 5 rings (SSSR count). The zero-order valence-corrected chi connectivity index (χ0v) is 22.1. The Morgan fingerprint density at radius 3 is 2.47 bits per heavy atom. The molecule has 0 saturated carbocycles. The van der Waals surface area contributed by atoms with E-state index < -0.39 is 5.97 Å². The number of nitrogens with zero attached hydrogens (tertiary/aromatic N) is 1. The monoisotopic (exact) mass is 509 g/mol. The highest BCUT2D eigenvalue weighted by Crippen LogP contribution is 2.45. The lowest BCUT2D eigenvalue weighted by Gasteiger charge is -2.36. The first-order chi connectivity index (χ1) is 18.2. The first-order valence-electron chi connectivity index (χ1n) is 12.9. The molecular formula is C32H31NO5. The van der Waals surface area contributed by atoms with Gasteiger partial charge in [0.1, 0.15) is 11.5 Å². The van der Waals surface area contributed by atoms with E-state index in [1.807, 2.05) is 54.6 Å². The summed E-state index contributed by atoms with van der Waals surface area (Å²) in [5.41, 5.74) is 4.82. The van der Waals surface area contributed by atoms with Gasteiger partial charge in [-0.05, 0) is 78.6 Å². The first kappa shape index (κ1) is 25.5. The molecule has 0 radical (unpaired) electrons. The quantitative estimate of drug-likeness (QED) is 0.280. The van der Waals surface area contributed by atoms with Crippen LogP contribution in [0, 0.1) is 11.3 Å². The van der Waals surface area contributed by atoms with Crippen molar-refractivity contribution < 1.29 is 23.8 Å². The molecule has 2 heterocycles. The lowest BCUT2D eigenvalue weighted by atomic mass is 9.69. The van der Waals surface area contributed by atoms with Gasteiger partial charge in [0, 0.05) is 10.9 Å². The third kappa shape index (κ3) is 4.86. The van der Waals surface area contributed by atoms with Crippen LogP contribution in [0.25, 0.3) is 33.9 Å². The number of ether oxygens (including phenoxy) is 1. The fraction of sp³-hybridized carbons (Fsp3) is 0.281. The number of allylic oxidation sites excluding steroid dienone is 1. The summed E-state index contributed by atoms with van der Waals surface area (Å²) in [6.07, 6.45) is 3.41. The Kier molecular flexibility index (Phi) is 6.66. The van der Waals surface area contributed by atoms with Crippen LogP contribution < -0.4 is 0 Å². The van der Waals surface area contributed by atoms with E-state index in [0.717, 1.165) is 28.8 Å². The fourth-order valence-electron chi connectivity index (χ4n) is 5.12. The van der Waals surface area contributed by atoms with Crippen LogP contribution in [0.4, 0.5) is 0 Å². The maximum atomic E-state index is 12.5. The van der Waals surface area contributed by atoms with Crippen LogP contribution in [0.5, 0.6) is 0 Å². The summed E-state index contributed by atoms with van der Waals surface area (Å²) in [7, 11) is 0. The number of pyridine rings is 1. The zero-order valence-electron chi connectivity index (χ0n) is 22.1. The molecule has 1 atom stereocenters. The second-order valence-corrected chi connectivity index (χ2v) is 10.8. The number of carboxylic acids is 1. The van der Waals surface area contributed by atoms with Crippen LogP contribution in [-0.4, -0.2) is 28.6 Å². The number of aromatic carboxylic acids is 1. The Hall–Kier alpha value is -4.19. The van der Waals surface area contributed by atoms with E-state index in [4.69, 9.17) is 14.1 Å². The van der Waals surface area contributed by atoms with Gasteiger partial charge in [-0.25, -0.2) is 14.6 Å². The fourth-order valence-corrected chi connectivity index (χ4v) is 5.12. The van der Waals surface area contributed by atoms with Crippen LogP contribution in [0.15, 0.2) is 65.1 Å². The average molecular weight is 510 g/mol. The predicted molar refractivity (Wildman–Crippen MR) is 148 cm³/mol. The first-order valence-corrected chi connectivity index (χ1v) is 12.9. The molecule has 38 heavy (non-hydrogen) atoms. The van der Waals surface area contributed by atoms with Gasteiger partial charge in [0.05, 0.1) is 28.9 Å². The molecule has 1 aliphatic rings. The number of esters is 1. The van der Waals surface area contributed by atoms with E-state index in [0.29, 0.717) is 46.6 Å². The normalized spacial score (nSPS) is 16.4. The Morgan fingerprint density at radius 2 is 1.79 bits per heavy atom. The van der Waals surface area contributed by atoms with Crippen LogP contribution >= 0.6 is 0 Å². The molecule has 0 aliphatic heterocycles. The summed E-state index contributed by atoms with van der Waals surface area (Å²) in [4.78, 5) is 29.4. The summed E-state index contributed by atoms with van der Waals surface area (Å²) >= 11 is 0. The summed E-state index contributed by atoms with van der Waals surface area (Å²) in [5.74, 6) is 0.298. The Morgan fingerprint density at radius 1 is 1.05 bits per heavy atom. The molecule has 6 heteroatoms. The highest BCUT2D eigenvalue weighted by atomic mass is 16.5. The molecule has 1 N–H and O–H groups in total. The predicted octanol–water partition coefficient (Wildman–Crippen LogP) is 7.52. The SMILES string of the molecule is CCOC(=O)c1ccc(-c2ccc(/C=C3/CC(C(C)(C)C)Cc4c3nc3ccccc3c4C(=O)O)o2)cc1. The van der Waals surface area contributed by atoms with Crippen molar-refractivity contribution in [3.63, 3.8) is 0 Å². The molecule has 0 fully saturated rings. The van der Waals surface area contributed by atoms with Crippen molar-refractivity contribution in [2.45, 2.75) is 40.5 Å². The van der Waals surface area contributed by atoms with Gasteiger partial charge >= 0.3 is 11.9 Å². The highest BCUT2D eigenvalue weighted by molar-refractivity contribution is 6.06. The number of carboxylic acid groups (broad SMARTS) is 1. The molecule has 194 valence electrons. The molecule has 0 spiro atoms. The number of hydrogen-bond donors (Lipinski definition) is 1. The van der Waals surface area contributed by atoms with Gasteiger partial charge in [-0.15, -0.1) is 0 Å². The molecular weight excluding hydrogens is 478 g/mol. The highest BCUT2D eigenvalue weighted by Gasteiger charge is 2.35. The Balaban J connectivity index is 1.57. The smallest absolute Gasteiger partial charge is 0.338 e. The van der Waals surface area contributed by atoms with E-state index in [2.05, 4.69) is 20.8 Å². The van der Waals surface area contributed by atoms with E-state index in [1.165, 1.54) is 0 Å². The maximum Gasteiger partial charge on any atom is 0.338 e. The molecule has 0 bridgehead atoms. The second-order valence-electron chi connectivity index (χ2n) is 10.8. The Bertz CT molecular complexity index is 1550. The number of fused-ring (bicyclic) bond motifs is 2. The summed E-state index contributed by atoms with van der Waals surface area (Å²) in [6.45, 7) is 8.69. The van der Waals surface area contributed by atoms with Crippen LogP contribution in [0.2, 0.25) is 0 Å². The topological polar surface area (TPSA) is 89.6 Å². The van der Waals surface area contributed by atoms with Gasteiger partial charge in [-0.2, -0.15) is 0 Å². The number of carbonyl (C=O) groups is 2. The number of furan rings is 1. The van der Waals surface area contributed by atoms with Crippen molar-refractivity contribution in [2.24, 2.45) is 11.3 Å². The van der Waals surface area contributed by atoms with Crippen molar-refractivity contribution in [2.75, 3.05) is 6.61 Å². The minimum Gasteiger partial charge on any atom is -0.478 e. The lowest BCUT2D eigenvalue weighted by Crippen LogP contribution is -2.28. The lowest BCUT2D eigenvalue weighted by molar-refractivity contribution is 0.0525. The largest absolute Gasteiger partial charge is 0.478 e.